The van der Waals surface area contributed by atoms with Gasteiger partial charge in [0, 0.05) is 5.02 Å². The Morgan fingerprint density at radius 2 is 1.79 bits per heavy atom. The second-order valence-corrected chi connectivity index (χ2v) is 6.87. The molecule has 2 amide bonds. The summed E-state index contributed by atoms with van der Waals surface area (Å²) in [6.07, 6.45) is 0. The summed E-state index contributed by atoms with van der Waals surface area (Å²) in [6.45, 7) is -0.674. The molecule has 33 heavy (non-hydrogen) atoms. The van der Waals surface area contributed by atoms with Crippen LogP contribution in [0.2, 0.25) is 5.02 Å². The van der Waals surface area contributed by atoms with Crippen molar-refractivity contribution >= 4 is 29.4 Å². The van der Waals surface area contributed by atoms with Crippen LogP contribution in [-0.4, -0.2) is 31.5 Å². The molecule has 172 valence electrons. The lowest BCUT2D eigenvalue weighted by atomic mass is 10.2. The summed E-state index contributed by atoms with van der Waals surface area (Å²) >= 11 is 5.87. The number of carbonyl (C=O) groups excluding carboxylic acids is 3. The normalized spacial score (nSPS) is 10.3. The summed E-state index contributed by atoms with van der Waals surface area (Å²) in [5.41, 5.74) is 4.39. The summed E-state index contributed by atoms with van der Waals surface area (Å²) in [5.74, 6) is -1.89. The molecule has 0 aliphatic carbocycles. The fraction of sp³-hybridized carbons (Fsp3) is 0.136. The first kappa shape index (κ1) is 23.6. The quantitative estimate of drug-likeness (QED) is 0.378. The molecule has 0 saturated carbocycles. The Morgan fingerprint density at radius 1 is 1.03 bits per heavy atom. The minimum Gasteiger partial charge on any atom is -0.496 e. The molecule has 1 heterocycles. The van der Waals surface area contributed by atoms with Crippen LogP contribution >= 0.6 is 11.6 Å². The molecule has 0 unspecified atom stereocenters. The number of esters is 1. The molecule has 3 rings (SSSR count). The molecule has 0 fully saturated rings. The number of hydrogen-bond acceptors (Lipinski definition) is 7. The third-order valence-corrected chi connectivity index (χ3v) is 4.35. The van der Waals surface area contributed by atoms with Crippen LogP contribution in [-0.2, 0) is 16.1 Å². The third-order valence-electron chi connectivity index (χ3n) is 4.11. The zero-order valence-corrected chi connectivity index (χ0v) is 18.0. The fourth-order valence-corrected chi connectivity index (χ4v) is 2.71. The van der Waals surface area contributed by atoms with Crippen molar-refractivity contribution in [2.75, 3.05) is 13.7 Å². The number of furan rings is 1. The van der Waals surface area contributed by atoms with Crippen molar-refractivity contribution < 1.29 is 37.4 Å². The molecule has 0 saturated heterocycles. The van der Waals surface area contributed by atoms with Crippen molar-refractivity contribution in [3.05, 3.63) is 82.5 Å². The van der Waals surface area contributed by atoms with E-state index in [4.69, 9.17) is 30.2 Å². The van der Waals surface area contributed by atoms with Gasteiger partial charge in [0.25, 0.3) is 11.8 Å². The van der Waals surface area contributed by atoms with Crippen molar-refractivity contribution in [3.63, 3.8) is 0 Å². The van der Waals surface area contributed by atoms with Gasteiger partial charge in [-0.2, -0.15) is 0 Å². The summed E-state index contributed by atoms with van der Waals surface area (Å²) in [7, 11) is 1.38. The Hall–Kier alpha value is -4.05. The fourth-order valence-electron chi connectivity index (χ4n) is 2.54. The first-order valence-electron chi connectivity index (χ1n) is 9.42. The first-order valence-corrected chi connectivity index (χ1v) is 9.80. The van der Waals surface area contributed by atoms with Crippen molar-refractivity contribution in [2.24, 2.45) is 0 Å². The van der Waals surface area contributed by atoms with Crippen LogP contribution in [0.15, 0.2) is 59.0 Å². The SMILES string of the molecule is COc1ccc(Cl)cc1C(=O)NNC(=O)COC(=O)c1ccc(COc2ccc(F)cc2)o1. The van der Waals surface area contributed by atoms with Gasteiger partial charge >= 0.3 is 5.97 Å². The van der Waals surface area contributed by atoms with Crippen LogP contribution in [0.1, 0.15) is 26.7 Å². The number of methoxy groups -OCH3 is 1. The zero-order valence-electron chi connectivity index (χ0n) is 17.2. The van der Waals surface area contributed by atoms with E-state index in [2.05, 4.69) is 10.9 Å². The Balaban J connectivity index is 1.44. The van der Waals surface area contributed by atoms with E-state index in [1.54, 1.807) is 6.07 Å². The van der Waals surface area contributed by atoms with Crippen molar-refractivity contribution in [2.45, 2.75) is 6.61 Å². The zero-order chi connectivity index (χ0) is 23.8. The molecule has 0 bridgehead atoms. The summed E-state index contributed by atoms with van der Waals surface area (Å²) in [6, 6.07) is 12.7. The van der Waals surface area contributed by atoms with Crippen molar-refractivity contribution in [1.82, 2.24) is 10.9 Å². The Kier molecular flexibility index (Phi) is 7.87. The maximum absolute atomic E-state index is 12.9. The standard InChI is InChI=1S/C22H18ClFN2O7/c1-30-18-8-2-13(23)10-17(18)21(28)26-25-20(27)12-32-22(29)19-9-7-16(33-19)11-31-15-5-3-14(24)4-6-15/h2-10H,11-12H2,1H3,(H,25,27)(H,26,28). The molecule has 2 N–H and O–H groups in total. The Labute approximate surface area is 192 Å². The Morgan fingerprint density at radius 3 is 2.52 bits per heavy atom. The van der Waals surface area contributed by atoms with E-state index >= 15 is 0 Å². The number of hydrazine groups is 1. The monoisotopic (exact) mass is 476 g/mol. The van der Waals surface area contributed by atoms with E-state index < -0.39 is 30.2 Å². The average molecular weight is 477 g/mol. The largest absolute Gasteiger partial charge is 0.496 e. The van der Waals surface area contributed by atoms with Gasteiger partial charge in [0.1, 0.15) is 29.7 Å². The molecule has 2 aromatic carbocycles. The number of hydrogen-bond donors (Lipinski definition) is 2. The van der Waals surface area contributed by atoms with Crippen LogP contribution in [0.5, 0.6) is 11.5 Å². The van der Waals surface area contributed by atoms with Gasteiger partial charge in [-0.3, -0.25) is 20.4 Å². The summed E-state index contributed by atoms with van der Waals surface area (Å²) in [5, 5.41) is 0.307. The number of nitrogens with one attached hydrogen (secondary N) is 2. The Bertz CT molecular complexity index is 1150. The highest BCUT2D eigenvalue weighted by Gasteiger charge is 2.17. The molecule has 9 nitrogen and oxygen atoms in total. The lowest BCUT2D eigenvalue weighted by Crippen LogP contribution is -2.43. The van der Waals surface area contributed by atoms with Gasteiger partial charge in [0.2, 0.25) is 5.76 Å². The molecular formula is C22H18ClFN2O7. The van der Waals surface area contributed by atoms with E-state index in [-0.39, 0.29) is 23.7 Å². The molecule has 11 heteroatoms. The molecule has 0 radical (unpaired) electrons. The lowest BCUT2D eigenvalue weighted by molar-refractivity contribution is -0.125. The second-order valence-electron chi connectivity index (χ2n) is 6.43. The maximum atomic E-state index is 12.9. The van der Waals surface area contributed by atoms with Gasteiger partial charge < -0.3 is 18.6 Å². The molecule has 1 aromatic heterocycles. The van der Waals surface area contributed by atoms with Crippen LogP contribution in [0.3, 0.4) is 0 Å². The van der Waals surface area contributed by atoms with E-state index in [1.807, 2.05) is 0 Å². The molecule has 0 atom stereocenters. The number of benzene rings is 2. The maximum Gasteiger partial charge on any atom is 0.374 e. The highest BCUT2D eigenvalue weighted by molar-refractivity contribution is 6.31. The molecule has 0 spiro atoms. The topological polar surface area (TPSA) is 116 Å². The smallest absolute Gasteiger partial charge is 0.374 e. The number of rotatable bonds is 8. The van der Waals surface area contributed by atoms with Gasteiger partial charge in [0.15, 0.2) is 6.61 Å². The minimum atomic E-state index is -0.888. The third kappa shape index (κ3) is 6.71. The predicted octanol–water partition coefficient (Wildman–Crippen LogP) is 3.28. The van der Waals surface area contributed by atoms with E-state index in [0.29, 0.717) is 16.5 Å². The highest BCUT2D eigenvalue weighted by atomic mass is 35.5. The minimum absolute atomic E-state index is 0.00159. The van der Waals surface area contributed by atoms with Crippen molar-refractivity contribution in [3.8, 4) is 11.5 Å². The van der Waals surface area contributed by atoms with Gasteiger partial charge in [-0.15, -0.1) is 0 Å². The summed E-state index contributed by atoms with van der Waals surface area (Å²) < 4.78 is 33.6. The van der Waals surface area contributed by atoms with Crippen LogP contribution in [0, 0.1) is 5.82 Å². The molecule has 0 aliphatic heterocycles. The summed E-state index contributed by atoms with van der Waals surface area (Å²) in [4.78, 5) is 36.2. The van der Waals surface area contributed by atoms with E-state index in [9.17, 15) is 18.8 Å². The molecule has 3 aromatic rings. The van der Waals surface area contributed by atoms with E-state index in [0.717, 1.165) is 0 Å². The van der Waals surface area contributed by atoms with Gasteiger partial charge in [-0.1, -0.05) is 11.6 Å². The second kappa shape index (κ2) is 11.0. The van der Waals surface area contributed by atoms with Gasteiger partial charge in [-0.05, 0) is 54.6 Å². The van der Waals surface area contributed by atoms with Crippen molar-refractivity contribution in [1.29, 1.82) is 0 Å². The number of halogens is 2. The van der Waals surface area contributed by atoms with Gasteiger partial charge in [-0.25, -0.2) is 9.18 Å². The van der Waals surface area contributed by atoms with Crippen LogP contribution in [0.25, 0.3) is 0 Å². The van der Waals surface area contributed by atoms with Gasteiger partial charge in [0.05, 0.1) is 12.7 Å². The average Bonchev–Trinajstić information content (AvgIpc) is 3.29. The highest BCUT2D eigenvalue weighted by Crippen LogP contribution is 2.22. The van der Waals surface area contributed by atoms with Crippen LogP contribution < -0.4 is 20.3 Å². The lowest BCUT2D eigenvalue weighted by Gasteiger charge is -2.10. The van der Waals surface area contributed by atoms with Crippen LogP contribution in [0.4, 0.5) is 4.39 Å². The van der Waals surface area contributed by atoms with E-state index in [1.165, 1.54) is 55.6 Å². The number of ether oxygens (including phenoxy) is 3. The predicted molar refractivity (Wildman–Crippen MR) is 113 cm³/mol. The number of carbonyl (C=O) groups is 3. The first-order chi connectivity index (χ1) is 15.9. The molecular weight excluding hydrogens is 459 g/mol. The molecule has 0 aliphatic rings. The number of amides is 2.